The number of aliphatic hydroxyl groups is 1. The molecule has 6 heteroatoms. The molecule has 38 heavy (non-hydrogen) atoms. The average molecular weight is 512 g/mol. The van der Waals surface area contributed by atoms with Crippen molar-refractivity contribution in [3.05, 3.63) is 100 Å². The van der Waals surface area contributed by atoms with Gasteiger partial charge in [0.2, 0.25) is 0 Å². The lowest BCUT2D eigenvalue weighted by atomic mass is 9.93. The van der Waals surface area contributed by atoms with E-state index in [1.807, 2.05) is 95.3 Å². The number of Topliss-reactive ketones (excluding diaryl/α,β-unsaturated/α-hetero) is 1. The molecular weight excluding hydrogens is 478 g/mol. The topological polar surface area (TPSA) is 76.1 Å². The predicted octanol–water partition coefficient (Wildman–Crippen LogP) is 6.12. The molecule has 2 aliphatic rings. The van der Waals surface area contributed by atoms with Gasteiger partial charge in [-0.25, -0.2) is 0 Å². The Labute approximate surface area is 223 Å². The van der Waals surface area contributed by atoms with E-state index in [1.165, 1.54) is 0 Å². The number of ketones is 1. The molecule has 196 valence electrons. The van der Waals surface area contributed by atoms with Crippen molar-refractivity contribution in [2.45, 2.75) is 65.3 Å². The van der Waals surface area contributed by atoms with E-state index in [4.69, 9.17) is 9.47 Å². The summed E-state index contributed by atoms with van der Waals surface area (Å²) in [7, 11) is 0. The van der Waals surface area contributed by atoms with E-state index in [1.54, 1.807) is 11.0 Å². The molecule has 5 rings (SSSR count). The van der Waals surface area contributed by atoms with Gasteiger partial charge in [-0.1, -0.05) is 42.0 Å². The minimum Gasteiger partial charge on any atom is -0.507 e. The quantitative estimate of drug-likeness (QED) is 0.254. The lowest BCUT2D eigenvalue weighted by molar-refractivity contribution is -0.140. The van der Waals surface area contributed by atoms with E-state index < -0.39 is 17.7 Å². The summed E-state index contributed by atoms with van der Waals surface area (Å²) >= 11 is 0. The van der Waals surface area contributed by atoms with Crippen molar-refractivity contribution in [1.82, 2.24) is 4.90 Å². The molecule has 0 aliphatic carbocycles. The second kappa shape index (κ2) is 9.67. The summed E-state index contributed by atoms with van der Waals surface area (Å²) in [4.78, 5) is 28.4. The summed E-state index contributed by atoms with van der Waals surface area (Å²) < 4.78 is 11.7. The number of nitrogens with zero attached hydrogens (tertiary/aromatic N) is 1. The summed E-state index contributed by atoms with van der Waals surface area (Å²) in [5, 5.41) is 11.5. The highest BCUT2D eigenvalue weighted by Gasteiger charge is 2.46. The Hall–Kier alpha value is -4.06. The number of likely N-dealkylation sites (tertiary alicyclic amines) is 1. The van der Waals surface area contributed by atoms with Gasteiger partial charge in [-0.05, 0) is 81.6 Å². The van der Waals surface area contributed by atoms with Crippen molar-refractivity contribution in [3.63, 3.8) is 0 Å². The van der Waals surface area contributed by atoms with Crippen LogP contribution < -0.4 is 9.47 Å². The number of carbonyl (C=O) groups excluding carboxylic acids is 2. The Morgan fingerprint density at radius 2 is 1.79 bits per heavy atom. The molecule has 0 aromatic heterocycles. The maximum Gasteiger partial charge on any atom is 0.295 e. The first kappa shape index (κ1) is 25.6. The first-order valence-electron chi connectivity index (χ1n) is 12.9. The van der Waals surface area contributed by atoms with Crippen LogP contribution in [0.15, 0.2) is 72.3 Å². The van der Waals surface area contributed by atoms with Crippen LogP contribution in [0.5, 0.6) is 11.5 Å². The highest BCUT2D eigenvalue weighted by atomic mass is 16.5. The van der Waals surface area contributed by atoms with Crippen LogP contribution >= 0.6 is 0 Å². The Bertz CT molecular complexity index is 1430. The second-order valence-electron chi connectivity index (χ2n) is 11.2. The zero-order chi connectivity index (χ0) is 27.2. The Kier molecular flexibility index (Phi) is 6.51. The fraction of sp³-hybridized carbons (Fsp3) is 0.312. The van der Waals surface area contributed by atoms with Crippen molar-refractivity contribution < 1.29 is 24.2 Å². The third-order valence-corrected chi connectivity index (χ3v) is 6.77. The van der Waals surface area contributed by atoms with Gasteiger partial charge in [-0.2, -0.15) is 0 Å². The molecule has 1 saturated heterocycles. The maximum atomic E-state index is 13.4. The lowest BCUT2D eigenvalue weighted by Crippen LogP contribution is -2.29. The van der Waals surface area contributed by atoms with Crippen molar-refractivity contribution >= 4 is 17.4 Å². The van der Waals surface area contributed by atoms with Crippen LogP contribution in [0.3, 0.4) is 0 Å². The maximum absolute atomic E-state index is 13.4. The Morgan fingerprint density at radius 3 is 2.47 bits per heavy atom. The fourth-order valence-corrected chi connectivity index (χ4v) is 5.17. The predicted molar refractivity (Wildman–Crippen MR) is 146 cm³/mol. The van der Waals surface area contributed by atoms with Crippen molar-refractivity contribution in [2.24, 2.45) is 0 Å². The molecule has 1 fully saturated rings. The molecule has 2 aliphatic heterocycles. The Morgan fingerprint density at radius 1 is 1.05 bits per heavy atom. The fourth-order valence-electron chi connectivity index (χ4n) is 5.17. The SMILES string of the molecule is Cc1cccc(C2/C(=C(/O)c3ccc4c(c3)CC(C)O4)C(=O)C(=O)N2Cc2ccc(OC(C)(C)C)cc2)c1. The monoisotopic (exact) mass is 511 g/mol. The van der Waals surface area contributed by atoms with Gasteiger partial charge in [-0.15, -0.1) is 0 Å². The number of fused-ring (bicyclic) bond motifs is 1. The molecule has 3 aromatic rings. The highest BCUT2D eigenvalue weighted by Crippen LogP contribution is 2.41. The third-order valence-electron chi connectivity index (χ3n) is 6.77. The Balaban J connectivity index is 1.55. The second-order valence-corrected chi connectivity index (χ2v) is 11.2. The van der Waals surface area contributed by atoms with Gasteiger partial charge in [-0.3, -0.25) is 9.59 Å². The van der Waals surface area contributed by atoms with Gasteiger partial charge in [0, 0.05) is 18.5 Å². The summed E-state index contributed by atoms with van der Waals surface area (Å²) in [6.07, 6.45) is 0.779. The molecule has 0 bridgehead atoms. The van der Waals surface area contributed by atoms with Gasteiger partial charge in [0.1, 0.15) is 29.0 Å². The minimum atomic E-state index is -0.719. The van der Waals surface area contributed by atoms with Crippen molar-refractivity contribution in [3.8, 4) is 11.5 Å². The van der Waals surface area contributed by atoms with Gasteiger partial charge in [0.05, 0.1) is 11.6 Å². The number of hydrogen-bond donors (Lipinski definition) is 1. The first-order chi connectivity index (χ1) is 18.0. The van der Waals surface area contributed by atoms with E-state index in [0.29, 0.717) is 5.56 Å². The van der Waals surface area contributed by atoms with Crippen LogP contribution in [0.25, 0.3) is 5.76 Å². The van der Waals surface area contributed by atoms with Gasteiger partial charge >= 0.3 is 0 Å². The van der Waals surface area contributed by atoms with Crippen LogP contribution in [0.4, 0.5) is 0 Å². The first-order valence-corrected chi connectivity index (χ1v) is 12.9. The summed E-state index contributed by atoms with van der Waals surface area (Å²) in [6, 6.07) is 19.9. The minimum absolute atomic E-state index is 0.0560. The number of rotatable bonds is 5. The molecular formula is C32H33NO5. The van der Waals surface area contributed by atoms with E-state index in [0.717, 1.165) is 40.2 Å². The van der Waals surface area contributed by atoms with Crippen molar-refractivity contribution in [2.75, 3.05) is 0 Å². The number of amides is 1. The van der Waals surface area contributed by atoms with E-state index in [2.05, 4.69) is 0 Å². The summed E-state index contributed by atoms with van der Waals surface area (Å²) in [5.41, 5.74) is 3.88. The molecule has 0 spiro atoms. The molecule has 2 unspecified atom stereocenters. The molecule has 2 heterocycles. The van der Waals surface area contributed by atoms with Crippen LogP contribution in [0.1, 0.15) is 61.6 Å². The molecule has 2 atom stereocenters. The van der Waals surface area contributed by atoms with Crippen LogP contribution in [0, 0.1) is 6.92 Å². The molecule has 6 nitrogen and oxygen atoms in total. The van der Waals surface area contributed by atoms with Gasteiger partial charge in [0.25, 0.3) is 11.7 Å². The zero-order valence-electron chi connectivity index (χ0n) is 22.4. The third kappa shape index (κ3) is 5.03. The smallest absolute Gasteiger partial charge is 0.295 e. The van der Waals surface area contributed by atoms with Crippen LogP contribution in [0.2, 0.25) is 0 Å². The molecule has 1 N–H and O–H groups in total. The lowest BCUT2D eigenvalue weighted by Gasteiger charge is -2.26. The molecule has 0 radical (unpaired) electrons. The molecule has 1 amide bonds. The highest BCUT2D eigenvalue weighted by molar-refractivity contribution is 6.46. The van der Waals surface area contributed by atoms with E-state index >= 15 is 0 Å². The normalized spacial score (nSPS) is 20.4. The van der Waals surface area contributed by atoms with Gasteiger partial charge in [0.15, 0.2) is 0 Å². The number of carbonyl (C=O) groups is 2. The molecule has 3 aromatic carbocycles. The number of aryl methyl sites for hydroxylation is 1. The summed E-state index contributed by atoms with van der Waals surface area (Å²) in [5.74, 6) is 0.0173. The number of benzene rings is 3. The number of aliphatic hydroxyl groups excluding tert-OH is 1. The average Bonchev–Trinajstić information content (AvgIpc) is 3.35. The van der Waals surface area contributed by atoms with Crippen LogP contribution in [-0.2, 0) is 22.6 Å². The van der Waals surface area contributed by atoms with E-state index in [9.17, 15) is 14.7 Å². The molecule has 0 saturated carbocycles. The zero-order valence-corrected chi connectivity index (χ0v) is 22.4. The largest absolute Gasteiger partial charge is 0.507 e. The number of hydrogen-bond acceptors (Lipinski definition) is 5. The van der Waals surface area contributed by atoms with E-state index in [-0.39, 0.29) is 29.6 Å². The standard InChI is InChI=1S/C32H33NO5/c1-19-7-6-8-22(15-19)28-27(29(34)23-11-14-26-24(17-23)16-20(2)37-26)30(35)31(36)33(28)18-21-9-12-25(13-10-21)38-32(3,4)5/h6-15,17,20,28,34H,16,18H2,1-5H3/b29-27-. The summed E-state index contributed by atoms with van der Waals surface area (Å²) in [6.45, 7) is 10.1. The van der Waals surface area contributed by atoms with Gasteiger partial charge < -0.3 is 19.5 Å². The van der Waals surface area contributed by atoms with Crippen molar-refractivity contribution in [1.29, 1.82) is 0 Å². The number of ether oxygens (including phenoxy) is 2. The van der Waals surface area contributed by atoms with Crippen LogP contribution in [-0.4, -0.2) is 33.4 Å².